The molecule has 2 aliphatic heterocycles. The summed E-state index contributed by atoms with van der Waals surface area (Å²) in [6.07, 6.45) is 4.52. The summed E-state index contributed by atoms with van der Waals surface area (Å²) < 4.78 is 5.82. The Morgan fingerprint density at radius 1 is 1.15 bits per heavy atom. The second-order valence-corrected chi connectivity index (χ2v) is 8.57. The minimum Gasteiger partial charge on any atom is -0.492 e. The first-order valence-electron chi connectivity index (χ1n) is 11.5. The second kappa shape index (κ2) is 10.0. The summed E-state index contributed by atoms with van der Waals surface area (Å²) in [6.45, 7) is 2.55. The van der Waals surface area contributed by atoms with E-state index in [-0.39, 0.29) is 24.3 Å². The van der Waals surface area contributed by atoms with Crippen molar-refractivity contribution in [2.45, 2.75) is 31.1 Å². The van der Waals surface area contributed by atoms with Gasteiger partial charge in [0.15, 0.2) is 0 Å². The van der Waals surface area contributed by atoms with Gasteiger partial charge in [-0.2, -0.15) is 0 Å². The summed E-state index contributed by atoms with van der Waals surface area (Å²) in [6, 6.07) is 12.6. The first kappa shape index (κ1) is 22.8. The number of likely N-dealkylation sites (N-methyl/N-ethyl adjacent to an activating group) is 1. The van der Waals surface area contributed by atoms with Crippen molar-refractivity contribution in [1.29, 1.82) is 0 Å². The minimum atomic E-state index is -0.875. The maximum atomic E-state index is 13.4. The van der Waals surface area contributed by atoms with Crippen LogP contribution in [0.3, 0.4) is 0 Å². The van der Waals surface area contributed by atoms with Gasteiger partial charge < -0.3 is 19.9 Å². The van der Waals surface area contributed by atoms with Crippen LogP contribution in [-0.2, 0) is 15.0 Å². The zero-order valence-electron chi connectivity index (χ0n) is 19.0. The van der Waals surface area contributed by atoms with E-state index >= 15 is 0 Å². The van der Waals surface area contributed by atoms with Crippen molar-refractivity contribution in [2.24, 2.45) is 0 Å². The average molecular weight is 451 g/mol. The number of benzene rings is 1. The Balaban J connectivity index is 1.46. The number of rotatable bonds is 7. The minimum absolute atomic E-state index is 0.132. The zero-order chi connectivity index (χ0) is 23.3. The van der Waals surface area contributed by atoms with Crippen LogP contribution in [0.1, 0.15) is 41.7 Å². The number of aromatic nitrogens is 1. The molecule has 2 saturated heterocycles. The van der Waals surface area contributed by atoms with Gasteiger partial charge >= 0.3 is 0 Å². The van der Waals surface area contributed by atoms with Crippen LogP contribution in [0.5, 0.6) is 5.75 Å². The maximum Gasteiger partial charge on any atom is 0.254 e. The van der Waals surface area contributed by atoms with Crippen molar-refractivity contribution < 1.29 is 19.1 Å². The predicted molar refractivity (Wildman–Crippen MR) is 123 cm³/mol. The van der Waals surface area contributed by atoms with E-state index in [4.69, 9.17) is 4.74 Å². The third kappa shape index (κ3) is 4.84. The molecule has 4 rings (SSSR count). The van der Waals surface area contributed by atoms with Gasteiger partial charge in [-0.25, -0.2) is 0 Å². The van der Waals surface area contributed by atoms with Crippen molar-refractivity contribution in [3.05, 3.63) is 59.9 Å². The molecular weight excluding hydrogens is 420 g/mol. The van der Waals surface area contributed by atoms with Crippen LogP contribution < -0.4 is 10.1 Å². The normalized spacial score (nSPS) is 20.6. The summed E-state index contributed by atoms with van der Waals surface area (Å²) in [5, 5.41) is 2.77. The van der Waals surface area contributed by atoms with Crippen LogP contribution in [0.25, 0.3) is 0 Å². The van der Waals surface area contributed by atoms with Crippen molar-refractivity contribution in [3.8, 4) is 5.75 Å². The van der Waals surface area contributed by atoms with E-state index in [1.54, 1.807) is 41.2 Å². The highest BCUT2D eigenvalue weighted by molar-refractivity contribution is 5.96. The fourth-order valence-corrected chi connectivity index (χ4v) is 4.74. The maximum absolute atomic E-state index is 13.4. The molecule has 0 radical (unpaired) electrons. The molecule has 2 fully saturated rings. The van der Waals surface area contributed by atoms with Gasteiger partial charge in [0.25, 0.3) is 5.91 Å². The smallest absolute Gasteiger partial charge is 0.254 e. The highest BCUT2D eigenvalue weighted by Gasteiger charge is 2.45. The predicted octanol–water partition coefficient (Wildman–Crippen LogP) is 2.00. The Bertz CT molecular complexity index is 1010. The van der Waals surface area contributed by atoms with Crippen LogP contribution in [0.15, 0.2) is 48.7 Å². The van der Waals surface area contributed by atoms with Gasteiger partial charge in [-0.15, -0.1) is 0 Å². The van der Waals surface area contributed by atoms with E-state index in [0.717, 1.165) is 13.0 Å². The molecule has 8 nitrogen and oxygen atoms in total. The summed E-state index contributed by atoms with van der Waals surface area (Å²) in [4.78, 5) is 46.1. The van der Waals surface area contributed by atoms with E-state index in [1.807, 2.05) is 24.3 Å². The molecule has 174 valence electrons. The molecule has 33 heavy (non-hydrogen) atoms. The lowest BCUT2D eigenvalue weighted by atomic mass is 9.75. The molecule has 2 aliphatic rings. The molecule has 2 aromatic rings. The highest BCUT2D eigenvalue weighted by atomic mass is 16.5. The van der Waals surface area contributed by atoms with E-state index in [0.29, 0.717) is 56.0 Å². The number of carbonyl (C=O) groups excluding carboxylic acids is 3. The lowest BCUT2D eigenvalue weighted by Crippen LogP contribution is -2.56. The molecule has 0 spiro atoms. The standard InChI is InChI=1S/C25H30N4O4/c1-26-24(32)25(21-9-2-3-12-27-21)11-6-14-29(18-25)23(31)19-7-4-8-20(17-19)33-16-15-28-13-5-10-22(28)30/h2-4,7-9,12,17H,5-6,10-11,13-16,18H2,1H3,(H,26,32). The third-order valence-electron chi connectivity index (χ3n) is 6.48. The van der Waals surface area contributed by atoms with Crippen molar-refractivity contribution in [1.82, 2.24) is 20.1 Å². The molecule has 3 amide bonds. The first-order valence-corrected chi connectivity index (χ1v) is 11.5. The number of ether oxygens (including phenoxy) is 1. The van der Waals surface area contributed by atoms with Crippen LogP contribution in [0.4, 0.5) is 0 Å². The summed E-state index contributed by atoms with van der Waals surface area (Å²) in [5.41, 5.74) is 0.314. The number of piperidine rings is 1. The van der Waals surface area contributed by atoms with Crippen LogP contribution >= 0.6 is 0 Å². The Hall–Kier alpha value is -3.42. The summed E-state index contributed by atoms with van der Waals surface area (Å²) in [7, 11) is 1.62. The van der Waals surface area contributed by atoms with Gasteiger partial charge in [-0.1, -0.05) is 12.1 Å². The number of hydrogen-bond donors (Lipinski definition) is 1. The number of pyridine rings is 1. The highest BCUT2D eigenvalue weighted by Crippen LogP contribution is 2.34. The number of amides is 3. The van der Waals surface area contributed by atoms with Gasteiger partial charge in [0, 0.05) is 44.9 Å². The molecule has 1 aromatic carbocycles. The zero-order valence-corrected chi connectivity index (χ0v) is 19.0. The van der Waals surface area contributed by atoms with Gasteiger partial charge in [0.05, 0.1) is 12.2 Å². The van der Waals surface area contributed by atoms with Crippen LogP contribution in [0.2, 0.25) is 0 Å². The van der Waals surface area contributed by atoms with E-state index in [1.165, 1.54) is 0 Å². The van der Waals surface area contributed by atoms with Crippen LogP contribution in [0, 0.1) is 0 Å². The summed E-state index contributed by atoms with van der Waals surface area (Å²) in [5.74, 6) is 0.484. The van der Waals surface area contributed by atoms with E-state index < -0.39 is 5.41 Å². The Labute approximate surface area is 193 Å². The number of hydrogen-bond acceptors (Lipinski definition) is 5. The summed E-state index contributed by atoms with van der Waals surface area (Å²) >= 11 is 0. The van der Waals surface area contributed by atoms with Gasteiger partial charge in [-0.05, 0) is 49.6 Å². The third-order valence-corrected chi connectivity index (χ3v) is 6.48. The van der Waals surface area contributed by atoms with Gasteiger partial charge in [-0.3, -0.25) is 19.4 Å². The van der Waals surface area contributed by atoms with Crippen molar-refractivity contribution >= 4 is 17.7 Å². The number of likely N-dealkylation sites (tertiary alicyclic amines) is 2. The molecule has 0 saturated carbocycles. The lowest BCUT2D eigenvalue weighted by Gasteiger charge is -2.41. The quantitative estimate of drug-likeness (QED) is 0.697. The average Bonchev–Trinajstić information content (AvgIpc) is 3.28. The SMILES string of the molecule is CNC(=O)C1(c2ccccn2)CCCN(C(=O)c2cccc(OCCN3CCCC3=O)c2)C1. The Morgan fingerprint density at radius 2 is 2.03 bits per heavy atom. The lowest BCUT2D eigenvalue weighted by molar-refractivity contribution is -0.128. The molecule has 1 N–H and O–H groups in total. The molecule has 0 bridgehead atoms. The Kier molecular flexibility index (Phi) is 6.91. The number of nitrogens with one attached hydrogen (secondary N) is 1. The second-order valence-electron chi connectivity index (χ2n) is 8.57. The first-order chi connectivity index (χ1) is 16.0. The number of nitrogens with zero attached hydrogens (tertiary/aromatic N) is 3. The fraction of sp³-hybridized carbons (Fsp3) is 0.440. The van der Waals surface area contributed by atoms with E-state index in [2.05, 4.69) is 10.3 Å². The molecule has 3 heterocycles. The largest absolute Gasteiger partial charge is 0.492 e. The molecule has 1 unspecified atom stereocenters. The molecule has 1 atom stereocenters. The van der Waals surface area contributed by atoms with Crippen molar-refractivity contribution in [2.75, 3.05) is 39.8 Å². The van der Waals surface area contributed by atoms with Crippen LogP contribution in [-0.4, -0.2) is 72.3 Å². The molecule has 0 aliphatic carbocycles. The topological polar surface area (TPSA) is 91.8 Å². The molecule has 8 heteroatoms. The molecular formula is C25H30N4O4. The number of carbonyl (C=O) groups is 3. The van der Waals surface area contributed by atoms with Gasteiger partial charge in [0.2, 0.25) is 11.8 Å². The van der Waals surface area contributed by atoms with Crippen molar-refractivity contribution in [3.63, 3.8) is 0 Å². The Morgan fingerprint density at radius 3 is 2.76 bits per heavy atom. The van der Waals surface area contributed by atoms with Gasteiger partial charge in [0.1, 0.15) is 17.8 Å². The van der Waals surface area contributed by atoms with E-state index in [9.17, 15) is 14.4 Å². The molecule has 1 aromatic heterocycles. The monoisotopic (exact) mass is 450 g/mol. The fourth-order valence-electron chi connectivity index (χ4n) is 4.74.